The van der Waals surface area contributed by atoms with Crippen LogP contribution in [0, 0.1) is 23.2 Å². The molecule has 0 aromatic rings. The van der Waals surface area contributed by atoms with Crippen LogP contribution in [0.3, 0.4) is 0 Å². The molecule has 3 fully saturated rings. The largest absolute Gasteiger partial charge is 0.393 e. The van der Waals surface area contributed by atoms with Crippen molar-refractivity contribution in [1.82, 2.24) is 0 Å². The molecule has 3 nitrogen and oxygen atoms in total. The van der Waals surface area contributed by atoms with E-state index in [1.54, 1.807) is 0 Å². The summed E-state index contributed by atoms with van der Waals surface area (Å²) in [4.78, 5) is 0. The topological polar surface area (TPSA) is 60.7 Å². The molecule has 0 aromatic heterocycles. The molecule has 6 atom stereocenters. The first-order chi connectivity index (χ1) is 14.0. The lowest BCUT2D eigenvalue weighted by molar-refractivity contribution is -0.0722. The zero-order valence-electron chi connectivity index (χ0n) is 19.7. The number of allylic oxidation sites excluding steroid dienone is 4. The van der Waals surface area contributed by atoms with Crippen molar-refractivity contribution in [2.75, 3.05) is 0 Å². The van der Waals surface area contributed by atoms with Crippen molar-refractivity contribution >= 4 is 0 Å². The molecule has 0 aromatic carbocycles. The lowest BCUT2D eigenvalue weighted by atomic mass is 9.59. The van der Waals surface area contributed by atoms with Crippen LogP contribution in [0.1, 0.15) is 91.9 Å². The highest BCUT2D eigenvalue weighted by Gasteiger charge is 2.54. The molecular formula is C27H44O3. The van der Waals surface area contributed by atoms with Gasteiger partial charge in [-0.05, 0) is 99.9 Å². The molecule has 0 radical (unpaired) electrons. The molecule has 3 saturated carbocycles. The maximum atomic E-state index is 11.5. The first-order valence-corrected chi connectivity index (χ1v) is 12.2. The Kier molecular flexibility index (Phi) is 7.37. The summed E-state index contributed by atoms with van der Waals surface area (Å²) in [7, 11) is 0. The summed E-state index contributed by atoms with van der Waals surface area (Å²) in [6.07, 6.45) is 13.4. The molecule has 0 spiro atoms. The van der Waals surface area contributed by atoms with E-state index in [1.807, 2.05) is 20.8 Å². The summed E-state index contributed by atoms with van der Waals surface area (Å²) in [5.41, 5.74) is 3.29. The van der Waals surface area contributed by atoms with Gasteiger partial charge >= 0.3 is 0 Å². The van der Waals surface area contributed by atoms with E-state index in [4.69, 9.17) is 0 Å². The lowest BCUT2D eigenvalue weighted by Crippen LogP contribution is -2.45. The van der Waals surface area contributed by atoms with E-state index in [1.165, 1.54) is 29.6 Å². The maximum Gasteiger partial charge on any atom is 0.0654 e. The van der Waals surface area contributed by atoms with E-state index >= 15 is 0 Å². The zero-order valence-corrected chi connectivity index (χ0v) is 19.7. The fourth-order valence-electron chi connectivity index (χ4n) is 6.60. The summed E-state index contributed by atoms with van der Waals surface area (Å²) in [6, 6.07) is 0. The molecule has 3 aliphatic carbocycles. The smallest absolute Gasteiger partial charge is 0.0654 e. The highest BCUT2D eigenvalue weighted by Crippen LogP contribution is 2.60. The molecule has 3 N–H and O–H groups in total. The Hall–Kier alpha value is -0.900. The van der Waals surface area contributed by atoms with Crippen LogP contribution in [0.5, 0.6) is 0 Å². The van der Waals surface area contributed by atoms with Crippen molar-refractivity contribution in [3.05, 3.63) is 35.5 Å². The van der Waals surface area contributed by atoms with Crippen LogP contribution in [0.2, 0.25) is 0 Å². The second kappa shape index (κ2) is 9.30. The second-order valence-corrected chi connectivity index (χ2v) is 11.2. The third-order valence-electron chi connectivity index (χ3n) is 8.62. The minimum absolute atomic E-state index is 0.123. The molecule has 0 saturated heterocycles. The van der Waals surface area contributed by atoms with Gasteiger partial charge in [-0.3, -0.25) is 0 Å². The zero-order chi connectivity index (χ0) is 22.1. The van der Waals surface area contributed by atoms with Crippen LogP contribution in [0.25, 0.3) is 0 Å². The van der Waals surface area contributed by atoms with Gasteiger partial charge in [-0.1, -0.05) is 50.6 Å². The van der Waals surface area contributed by atoms with Crippen molar-refractivity contribution < 1.29 is 15.3 Å². The number of aliphatic hydroxyl groups is 3. The third kappa shape index (κ3) is 4.95. The van der Waals surface area contributed by atoms with Gasteiger partial charge in [-0.25, -0.2) is 0 Å². The molecule has 3 heteroatoms. The van der Waals surface area contributed by atoms with Gasteiger partial charge in [-0.2, -0.15) is 0 Å². The molecule has 0 bridgehead atoms. The quantitative estimate of drug-likeness (QED) is 0.520. The third-order valence-corrected chi connectivity index (χ3v) is 8.62. The van der Waals surface area contributed by atoms with Gasteiger partial charge < -0.3 is 15.3 Å². The Morgan fingerprint density at radius 1 is 1.20 bits per heavy atom. The molecule has 0 heterocycles. The highest BCUT2D eigenvalue weighted by atomic mass is 16.3. The highest BCUT2D eigenvalue weighted by molar-refractivity contribution is 5.36. The van der Waals surface area contributed by atoms with Crippen molar-refractivity contribution in [3.8, 4) is 0 Å². The number of aliphatic hydroxyl groups excluding tert-OH is 2. The predicted molar refractivity (Wildman–Crippen MR) is 124 cm³/mol. The Balaban J connectivity index is 1.75. The number of hydrogen-bond donors (Lipinski definition) is 3. The van der Waals surface area contributed by atoms with Gasteiger partial charge in [0.2, 0.25) is 0 Å². The summed E-state index contributed by atoms with van der Waals surface area (Å²) >= 11 is 0. The molecule has 30 heavy (non-hydrogen) atoms. The van der Waals surface area contributed by atoms with Crippen molar-refractivity contribution in [2.24, 2.45) is 23.2 Å². The fraction of sp³-hybridized carbons (Fsp3) is 0.778. The van der Waals surface area contributed by atoms with Crippen LogP contribution in [0.15, 0.2) is 35.5 Å². The number of rotatable bonds is 6. The Morgan fingerprint density at radius 3 is 2.63 bits per heavy atom. The minimum atomic E-state index is -0.734. The van der Waals surface area contributed by atoms with Gasteiger partial charge in [-0.15, -0.1) is 0 Å². The SMILES string of the molecule is C=C1CC[C@H](O)C/C1=C/C=C1CCC[C@@]2(C)C1CC[C@@H]2[C@@](C)(O)CCC(O)C(C)C. The molecular weight excluding hydrogens is 372 g/mol. The molecule has 170 valence electrons. The van der Waals surface area contributed by atoms with Crippen LogP contribution >= 0.6 is 0 Å². The van der Waals surface area contributed by atoms with Crippen LogP contribution in [-0.2, 0) is 0 Å². The Bertz CT molecular complexity index is 686. The molecule has 3 rings (SSSR count). The second-order valence-electron chi connectivity index (χ2n) is 11.2. The normalized spacial score (nSPS) is 38.1. The molecule has 0 amide bonds. The van der Waals surface area contributed by atoms with E-state index in [0.717, 1.165) is 38.5 Å². The van der Waals surface area contributed by atoms with Crippen molar-refractivity contribution in [3.63, 3.8) is 0 Å². The summed E-state index contributed by atoms with van der Waals surface area (Å²) in [5.74, 6) is 1.03. The number of hydrogen-bond acceptors (Lipinski definition) is 3. The lowest BCUT2D eigenvalue weighted by Gasteiger charge is -2.47. The van der Waals surface area contributed by atoms with Gasteiger partial charge in [0, 0.05) is 0 Å². The molecule has 3 aliphatic rings. The van der Waals surface area contributed by atoms with E-state index in [2.05, 4.69) is 25.7 Å². The standard InChI is InChI=1S/C27H44O3/c1-18(2)24(29)14-16-27(5,30)25-13-12-23-20(7-6-15-26(23,25)4)9-10-21-17-22(28)11-8-19(21)3/h9-10,18,22-25,28-30H,3,6-8,11-17H2,1-2,4-5H3/b20-9?,21-10-/t22-,23?,24?,25-,26-,27-/m0/s1. The minimum Gasteiger partial charge on any atom is -0.393 e. The molecule has 2 unspecified atom stereocenters. The predicted octanol–water partition coefficient (Wildman–Crippen LogP) is 5.70. The first-order valence-electron chi connectivity index (χ1n) is 12.2. The van der Waals surface area contributed by atoms with Crippen LogP contribution < -0.4 is 0 Å². The van der Waals surface area contributed by atoms with Crippen molar-refractivity contribution in [1.29, 1.82) is 0 Å². The van der Waals surface area contributed by atoms with Crippen LogP contribution in [0.4, 0.5) is 0 Å². The van der Waals surface area contributed by atoms with Gasteiger partial charge in [0.1, 0.15) is 0 Å². The van der Waals surface area contributed by atoms with E-state index < -0.39 is 5.60 Å². The average Bonchev–Trinajstić information content (AvgIpc) is 3.05. The summed E-state index contributed by atoms with van der Waals surface area (Å²) in [6.45, 7) is 12.7. The average molecular weight is 417 g/mol. The van der Waals surface area contributed by atoms with Gasteiger partial charge in [0.05, 0.1) is 17.8 Å². The van der Waals surface area contributed by atoms with Crippen molar-refractivity contribution in [2.45, 2.75) is 110 Å². The van der Waals surface area contributed by atoms with E-state index in [9.17, 15) is 15.3 Å². The van der Waals surface area contributed by atoms with E-state index in [-0.39, 0.29) is 29.5 Å². The number of fused-ring (bicyclic) bond motifs is 1. The molecule has 0 aliphatic heterocycles. The first kappa shape index (κ1) is 23.8. The summed E-state index contributed by atoms with van der Waals surface area (Å²) < 4.78 is 0. The van der Waals surface area contributed by atoms with Crippen LogP contribution in [-0.4, -0.2) is 33.1 Å². The van der Waals surface area contributed by atoms with Gasteiger partial charge in [0.25, 0.3) is 0 Å². The summed E-state index contributed by atoms with van der Waals surface area (Å²) in [5, 5.41) is 31.7. The Labute approximate surface area is 184 Å². The monoisotopic (exact) mass is 416 g/mol. The maximum absolute atomic E-state index is 11.5. The Morgan fingerprint density at radius 2 is 1.93 bits per heavy atom. The van der Waals surface area contributed by atoms with E-state index in [0.29, 0.717) is 18.8 Å². The van der Waals surface area contributed by atoms with Gasteiger partial charge in [0.15, 0.2) is 0 Å². The fourth-order valence-corrected chi connectivity index (χ4v) is 6.60.